The Hall–Kier alpha value is -1.59. The van der Waals surface area contributed by atoms with Crippen molar-refractivity contribution in [1.29, 1.82) is 0 Å². The van der Waals surface area contributed by atoms with Crippen LogP contribution < -0.4 is 9.47 Å². The molecular formula is C15H16BrNO3. The predicted octanol–water partition coefficient (Wildman–Crippen LogP) is 3.33. The van der Waals surface area contributed by atoms with Crippen molar-refractivity contribution in [2.45, 2.75) is 13.0 Å². The second kappa shape index (κ2) is 6.72. The molecule has 0 saturated heterocycles. The van der Waals surface area contributed by atoms with E-state index in [2.05, 4.69) is 20.9 Å². The Bertz CT molecular complexity index is 589. The first-order chi connectivity index (χ1) is 9.65. The van der Waals surface area contributed by atoms with Crippen LogP contribution in [0.1, 0.15) is 24.2 Å². The Labute approximate surface area is 126 Å². The number of benzene rings is 1. The van der Waals surface area contributed by atoms with Crippen molar-refractivity contribution in [3.8, 4) is 11.5 Å². The van der Waals surface area contributed by atoms with Crippen molar-refractivity contribution < 1.29 is 14.6 Å². The van der Waals surface area contributed by atoms with Crippen molar-refractivity contribution in [1.82, 2.24) is 4.98 Å². The lowest BCUT2D eigenvalue weighted by Gasteiger charge is -2.15. The third kappa shape index (κ3) is 3.29. The molecule has 106 valence electrons. The van der Waals surface area contributed by atoms with Gasteiger partial charge in [-0.05, 0) is 31.2 Å². The standard InChI is InChI=1S/C15H16BrNO3/c1-3-20-12-6-10(8-17-9-12)15(18)13-7-11(19-2)4-5-14(13)16/h4-9,15,18H,3H2,1-2H3. The molecule has 0 aliphatic carbocycles. The molecule has 0 aliphatic rings. The van der Waals surface area contributed by atoms with Crippen LogP contribution in [0.3, 0.4) is 0 Å². The van der Waals surface area contributed by atoms with Gasteiger partial charge in [0.1, 0.15) is 17.6 Å². The van der Waals surface area contributed by atoms with Crippen LogP contribution in [-0.4, -0.2) is 23.8 Å². The van der Waals surface area contributed by atoms with Gasteiger partial charge in [-0.25, -0.2) is 0 Å². The summed E-state index contributed by atoms with van der Waals surface area (Å²) in [5, 5.41) is 10.5. The topological polar surface area (TPSA) is 51.6 Å². The number of pyridine rings is 1. The summed E-state index contributed by atoms with van der Waals surface area (Å²) in [6.07, 6.45) is 2.45. The maximum atomic E-state index is 10.5. The maximum absolute atomic E-state index is 10.5. The lowest BCUT2D eigenvalue weighted by Crippen LogP contribution is -2.03. The Morgan fingerprint density at radius 3 is 2.75 bits per heavy atom. The van der Waals surface area contributed by atoms with Crippen LogP contribution in [0.2, 0.25) is 0 Å². The number of nitrogens with zero attached hydrogens (tertiary/aromatic N) is 1. The van der Waals surface area contributed by atoms with Crippen LogP contribution >= 0.6 is 15.9 Å². The number of hydrogen-bond donors (Lipinski definition) is 1. The maximum Gasteiger partial charge on any atom is 0.137 e. The third-order valence-corrected chi connectivity index (χ3v) is 3.58. The van der Waals surface area contributed by atoms with Crippen LogP contribution in [0.5, 0.6) is 11.5 Å². The van der Waals surface area contributed by atoms with E-state index in [1.165, 1.54) is 0 Å². The van der Waals surface area contributed by atoms with E-state index < -0.39 is 6.10 Å². The molecule has 0 amide bonds. The molecule has 1 aromatic heterocycles. The normalized spacial score (nSPS) is 12.0. The zero-order valence-electron chi connectivity index (χ0n) is 11.3. The molecule has 2 aromatic rings. The second-order valence-corrected chi connectivity index (χ2v) is 5.03. The summed E-state index contributed by atoms with van der Waals surface area (Å²) in [5.41, 5.74) is 1.39. The molecule has 0 spiro atoms. The fraction of sp³-hybridized carbons (Fsp3) is 0.267. The highest BCUT2D eigenvalue weighted by molar-refractivity contribution is 9.10. The number of hydrogen-bond acceptors (Lipinski definition) is 4. The van der Waals surface area contributed by atoms with Crippen LogP contribution in [0.15, 0.2) is 41.1 Å². The van der Waals surface area contributed by atoms with Crippen LogP contribution in [0, 0.1) is 0 Å². The van der Waals surface area contributed by atoms with Gasteiger partial charge in [0.05, 0.1) is 19.9 Å². The third-order valence-electron chi connectivity index (χ3n) is 2.86. The van der Waals surface area contributed by atoms with Gasteiger partial charge in [-0.3, -0.25) is 4.98 Å². The summed E-state index contributed by atoms with van der Waals surface area (Å²) in [4.78, 5) is 4.09. The fourth-order valence-corrected chi connectivity index (χ4v) is 2.33. The zero-order valence-corrected chi connectivity index (χ0v) is 12.9. The lowest BCUT2D eigenvalue weighted by atomic mass is 10.0. The predicted molar refractivity (Wildman–Crippen MR) is 80.2 cm³/mol. The van der Waals surface area contributed by atoms with Gasteiger partial charge >= 0.3 is 0 Å². The second-order valence-electron chi connectivity index (χ2n) is 4.18. The summed E-state index contributed by atoms with van der Waals surface area (Å²) in [6, 6.07) is 7.25. The number of ether oxygens (including phenoxy) is 2. The molecule has 20 heavy (non-hydrogen) atoms. The number of aromatic nitrogens is 1. The van der Waals surface area contributed by atoms with E-state index in [1.54, 1.807) is 31.6 Å². The van der Waals surface area contributed by atoms with E-state index in [0.29, 0.717) is 23.7 Å². The van der Waals surface area contributed by atoms with E-state index in [1.807, 2.05) is 19.1 Å². The minimum absolute atomic E-state index is 0.560. The highest BCUT2D eigenvalue weighted by Gasteiger charge is 2.16. The van der Waals surface area contributed by atoms with Crippen LogP contribution in [0.25, 0.3) is 0 Å². The van der Waals surface area contributed by atoms with E-state index in [4.69, 9.17) is 9.47 Å². The first kappa shape index (κ1) is 14.8. The molecule has 0 fully saturated rings. The Morgan fingerprint density at radius 2 is 2.05 bits per heavy atom. The van der Waals surface area contributed by atoms with E-state index in [9.17, 15) is 5.11 Å². The highest BCUT2D eigenvalue weighted by atomic mass is 79.9. The fourth-order valence-electron chi connectivity index (χ4n) is 1.87. The Morgan fingerprint density at radius 1 is 1.25 bits per heavy atom. The summed E-state index contributed by atoms with van der Waals surface area (Å²) in [6.45, 7) is 2.46. The monoisotopic (exact) mass is 337 g/mol. The lowest BCUT2D eigenvalue weighted by molar-refractivity contribution is 0.217. The summed E-state index contributed by atoms with van der Waals surface area (Å²) in [5.74, 6) is 1.33. The Kier molecular flexibility index (Phi) is 4.98. The highest BCUT2D eigenvalue weighted by Crippen LogP contribution is 2.32. The van der Waals surface area contributed by atoms with Gasteiger partial charge in [0.15, 0.2) is 0 Å². The molecular weight excluding hydrogens is 322 g/mol. The van der Waals surface area contributed by atoms with Crippen molar-refractivity contribution in [3.05, 3.63) is 52.3 Å². The van der Waals surface area contributed by atoms with Crippen molar-refractivity contribution in [2.75, 3.05) is 13.7 Å². The number of halogens is 1. The minimum atomic E-state index is -0.799. The smallest absolute Gasteiger partial charge is 0.137 e. The summed E-state index contributed by atoms with van der Waals surface area (Å²) < 4.78 is 11.4. The van der Waals surface area contributed by atoms with Gasteiger partial charge in [-0.2, -0.15) is 0 Å². The number of aliphatic hydroxyl groups is 1. The molecule has 0 radical (unpaired) electrons. The molecule has 0 saturated carbocycles. The molecule has 1 aromatic carbocycles. The van der Waals surface area contributed by atoms with Gasteiger partial charge in [0.2, 0.25) is 0 Å². The number of rotatable bonds is 5. The molecule has 5 heteroatoms. The molecule has 2 rings (SSSR count). The number of aliphatic hydroxyl groups excluding tert-OH is 1. The average molecular weight is 338 g/mol. The van der Waals surface area contributed by atoms with Gasteiger partial charge in [0.25, 0.3) is 0 Å². The van der Waals surface area contributed by atoms with E-state index in [0.717, 1.165) is 10.0 Å². The van der Waals surface area contributed by atoms with Gasteiger partial charge in [-0.15, -0.1) is 0 Å². The molecule has 1 N–H and O–H groups in total. The average Bonchev–Trinajstić information content (AvgIpc) is 2.48. The quantitative estimate of drug-likeness (QED) is 0.909. The molecule has 1 atom stereocenters. The summed E-state index contributed by atoms with van der Waals surface area (Å²) >= 11 is 3.44. The Balaban J connectivity index is 2.35. The zero-order chi connectivity index (χ0) is 14.5. The summed E-state index contributed by atoms with van der Waals surface area (Å²) in [7, 11) is 1.59. The van der Waals surface area contributed by atoms with E-state index >= 15 is 0 Å². The first-order valence-corrected chi connectivity index (χ1v) is 7.04. The molecule has 1 heterocycles. The van der Waals surface area contributed by atoms with Gasteiger partial charge < -0.3 is 14.6 Å². The van der Waals surface area contributed by atoms with Crippen LogP contribution in [-0.2, 0) is 0 Å². The van der Waals surface area contributed by atoms with E-state index in [-0.39, 0.29) is 0 Å². The largest absolute Gasteiger partial charge is 0.497 e. The van der Waals surface area contributed by atoms with Gasteiger partial charge in [-0.1, -0.05) is 15.9 Å². The van der Waals surface area contributed by atoms with Crippen molar-refractivity contribution >= 4 is 15.9 Å². The van der Waals surface area contributed by atoms with Crippen LogP contribution in [0.4, 0.5) is 0 Å². The molecule has 0 bridgehead atoms. The molecule has 1 unspecified atom stereocenters. The molecule has 0 aliphatic heterocycles. The molecule has 4 nitrogen and oxygen atoms in total. The first-order valence-electron chi connectivity index (χ1n) is 6.25. The van der Waals surface area contributed by atoms with Crippen molar-refractivity contribution in [2.24, 2.45) is 0 Å². The SMILES string of the molecule is CCOc1cncc(C(O)c2cc(OC)ccc2Br)c1. The van der Waals surface area contributed by atoms with Gasteiger partial charge in [0, 0.05) is 21.8 Å². The minimum Gasteiger partial charge on any atom is -0.497 e. The number of methoxy groups -OCH3 is 1. The van der Waals surface area contributed by atoms with Crippen molar-refractivity contribution in [3.63, 3.8) is 0 Å².